The van der Waals surface area contributed by atoms with Gasteiger partial charge in [-0.15, -0.1) is 0 Å². The fourth-order valence-corrected chi connectivity index (χ4v) is 3.88. The predicted molar refractivity (Wildman–Crippen MR) is 73.2 cm³/mol. The Bertz CT molecular complexity index is 856. The maximum absolute atomic E-state index is 12.0. The highest BCUT2D eigenvalue weighted by Crippen LogP contribution is 2.22. The van der Waals surface area contributed by atoms with Crippen LogP contribution >= 0.6 is 0 Å². The minimum Gasteiger partial charge on any atom is -0.264 e. The first-order valence-electron chi connectivity index (χ1n) is 5.48. The van der Waals surface area contributed by atoms with Crippen molar-refractivity contribution in [3.63, 3.8) is 0 Å². The Morgan fingerprint density at radius 2 is 1.73 bits per heavy atom. The average Bonchev–Trinajstić information content (AvgIpc) is 2.36. The van der Waals surface area contributed by atoms with Gasteiger partial charge in [-0.05, 0) is 24.6 Å². The third-order valence-electron chi connectivity index (χ3n) is 2.50. The van der Waals surface area contributed by atoms with E-state index in [0.717, 1.165) is 12.1 Å². The molecule has 1 aromatic carbocycles. The van der Waals surface area contributed by atoms with Crippen LogP contribution in [0.3, 0.4) is 0 Å². The molecule has 0 spiro atoms. The predicted octanol–water partition coefficient (Wildman–Crippen LogP) is -0.833. The zero-order chi connectivity index (χ0) is 17.2. The lowest BCUT2D eigenvalue weighted by atomic mass is 10.2. The van der Waals surface area contributed by atoms with Crippen LogP contribution in [-0.4, -0.2) is 42.2 Å². The summed E-state index contributed by atoms with van der Waals surface area (Å²) in [5.74, 6) is 3.85. The second kappa shape index (κ2) is 6.57. The fraction of sp³-hybridized carbons (Fsp3) is 0.333. The van der Waals surface area contributed by atoms with Crippen molar-refractivity contribution in [2.75, 3.05) is 12.4 Å². The molecule has 0 aromatic heterocycles. The Balaban J connectivity index is 3.14. The van der Waals surface area contributed by atoms with Gasteiger partial charge in [-0.3, -0.25) is 4.55 Å². The minimum atomic E-state index is -4.77. The molecule has 0 atom stereocenters. The van der Waals surface area contributed by atoms with Crippen molar-refractivity contribution in [3.05, 3.63) is 23.8 Å². The molecule has 0 saturated heterocycles. The number of hydrogen-bond donors (Lipinski definition) is 2. The van der Waals surface area contributed by atoms with Gasteiger partial charge in [0.05, 0.1) is 22.2 Å². The summed E-state index contributed by atoms with van der Waals surface area (Å²) < 4.78 is 83.9. The summed E-state index contributed by atoms with van der Waals surface area (Å²) in [5.41, 5.74) is 0.207. The van der Waals surface area contributed by atoms with Gasteiger partial charge in [-0.2, -0.15) is 27.0 Å². The lowest BCUT2D eigenvalue weighted by Gasteiger charge is -2.09. The summed E-state index contributed by atoms with van der Waals surface area (Å²) in [6.07, 6.45) is 0. The highest BCUT2D eigenvalue weighted by atomic mass is 32.3. The van der Waals surface area contributed by atoms with Crippen LogP contribution in [0.5, 0.6) is 0 Å². The van der Waals surface area contributed by atoms with Crippen LogP contribution in [0.2, 0.25) is 0 Å². The van der Waals surface area contributed by atoms with Gasteiger partial charge in [0.25, 0.3) is 0 Å². The van der Waals surface area contributed by atoms with E-state index in [1.807, 2.05) is 0 Å². The molecule has 126 valence electrons. The number of nitrogens with two attached hydrogens (primary N) is 1. The number of hydrogen-bond acceptors (Lipinski definition) is 9. The van der Waals surface area contributed by atoms with E-state index in [9.17, 15) is 25.3 Å². The SMILES string of the molecule is Cc1ccc(S(=O)(=O)CCOS(=O)(=O)O)cc1S(=O)(=O)ON. The molecule has 10 nitrogen and oxygen atoms in total. The van der Waals surface area contributed by atoms with Crippen LogP contribution in [0.4, 0.5) is 0 Å². The molecule has 0 bridgehead atoms. The molecular weight excluding hydrogens is 362 g/mol. The second-order valence-electron chi connectivity index (χ2n) is 4.05. The molecule has 0 radical (unpaired) electrons. The van der Waals surface area contributed by atoms with Crippen molar-refractivity contribution >= 4 is 30.4 Å². The normalized spacial score (nSPS) is 13.2. The molecule has 0 unspecified atom stereocenters. The molecule has 0 amide bonds. The van der Waals surface area contributed by atoms with Crippen molar-refractivity contribution in [2.45, 2.75) is 16.7 Å². The lowest BCUT2D eigenvalue weighted by molar-refractivity contribution is 0.284. The van der Waals surface area contributed by atoms with Crippen molar-refractivity contribution < 1.29 is 38.3 Å². The molecule has 13 heteroatoms. The quantitative estimate of drug-likeness (QED) is 0.453. The van der Waals surface area contributed by atoms with Gasteiger partial charge < -0.3 is 0 Å². The smallest absolute Gasteiger partial charge is 0.264 e. The summed E-state index contributed by atoms with van der Waals surface area (Å²) in [7, 11) is -13.1. The van der Waals surface area contributed by atoms with E-state index in [2.05, 4.69) is 14.4 Å². The van der Waals surface area contributed by atoms with Gasteiger partial charge in [-0.25, -0.2) is 12.6 Å². The molecule has 0 aliphatic rings. The third-order valence-corrected chi connectivity index (χ3v) is 5.87. The summed E-state index contributed by atoms with van der Waals surface area (Å²) in [6.45, 7) is 0.578. The van der Waals surface area contributed by atoms with Gasteiger partial charge in [0.2, 0.25) is 0 Å². The van der Waals surface area contributed by atoms with Crippen molar-refractivity contribution in [2.24, 2.45) is 5.90 Å². The molecule has 3 N–H and O–H groups in total. The first kappa shape index (κ1) is 19.0. The Morgan fingerprint density at radius 3 is 2.23 bits per heavy atom. The minimum absolute atomic E-state index is 0.207. The van der Waals surface area contributed by atoms with Gasteiger partial charge in [0.1, 0.15) is 0 Å². The molecule has 0 saturated carbocycles. The lowest BCUT2D eigenvalue weighted by Crippen LogP contribution is -2.17. The van der Waals surface area contributed by atoms with Crippen LogP contribution in [-0.2, 0) is 38.8 Å². The maximum atomic E-state index is 12.0. The van der Waals surface area contributed by atoms with Crippen molar-refractivity contribution in [1.82, 2.24) is 0 Å². The van der Waals surface area contributed by atoms with E-state index >= 15 is 0 Å². The summed E-state index contributed by atoms with van der Waals surface area (Å²) in [5, 5.41) is 0. The molecule has 22 heavy (non-hydrogen) atoms. The fourth-order valence-electron chi connectivity index (χ4n) is 1.46. The maximum Gasteiger partial charge on any atom is 0.397 e. The standard InChI is InChI=1S/C9H13NO9S3/c1-7-2-3-8(6-9(7)21(13,14)19-10)20(11,12)5-4-18-22(15,16)17/h2-3,6H,4-5,10H2,1H3,(H,15,16,17). The highest BCUT2D eigenvalue weighted by Gasteiger charge is 2.22. The van der Waals surface area contributed by atoms with Crippen molar-refractivity contribution in [1.29, 1.82) is 0 Å². The van der Waals surface area contributed by atoms with E-state index in [1.165, 1.54) is 13.0 Å². The van der Waals surface area contributed by atoms with Crippen LogP contribution in [0.15, 0.2) is 28.0 Å². The first-order valence-corrected chi connectivity index (χ1v) is 9.90. The Hall–Kier alpha value is -1.09. The van der Waals surface area contributed by atoms with E-state index in [0.29, 0.717) is 0 Å². The number of sulfone groups is 1. The van der Waals surface area contributed by atoms with Gasteiger partial charge in [0, 0.05) is 0 Å². The summed E-state index contributed by atoms with van der Waals surface area (Å²) in [6, 6.07) is 3.19. The molecule has 1 rings (SSSR count). The molecule has 0 fully saturated rings. The average molecular weight is 375 g/mol. The van der Waals surface area contributed by atoms with Crippen LogP contribution in [0.1, 0.15) is 5.56 Å². The summed E-state index contributed by atoms with van der Waals surface area (Å²) in [4.78, 5) is -0.834. The van der Waals surface area contributed by atoms with Crippen molar-refractivity contribution in [3.8, 4) is 0 Å². The Kier molecular flexibility index (Phi) is 5.66. The zero-order valence-electron chi connectivity index (χ0n) is 11.2. The molecule has 0 aliphatic heterocycles. The third kappa shape index (κ3) is 4.98. The van der Waals surface area contributed by atoms with Crippen LogP contribution in [0, 0.1) is 6.92 Å². The second-order valence-corrected chi connectivity index (χ2v) is 8.79. The molecular formula is C9H13NO9S3. The highest BCUT2D eigenvalue weighted by molar-refractivity contribution is 7.91. The van der Waals surface area contributed by atoms with E-state index in [-0.39, 0.29) is 5.56 Å². The number of benzene rings is 1. The largest absolute Gasteiger partial charge is 0.397 e. The Labute approximate surface area is 127 Å². The van der Waals surface area contributed by atoms with Gasteiger partial charge in [0.15, 0.2) is 9.84 Å². The first-order chi connectivity index (χ1) is 9.89. The van der Waals surface area contributed by atoms with Gasteiger partial charge in [-0.1, -0.05) is 6.07 Å². The molecule has 1 aromatic rings. The monoisotopic (exact) mass is 375 g/mol. The number of aryl methyl sites for hydroxylation is 1. The van der Waals surface area contributed by atoms with Crippen LogP contribution in [0.25, 0.3) is 0 Å². The Morgan fingerprint density at radius 1 is 1.14 bits per heavy atom. The van der Waals surface area contributed by atoms with Crippen LogP contribution < -0.4 is 5.90 Å². The molecule has 0 aliphatic carbocycles. The number of rotatable bonds is 7. The van der Waals surface area contributed by atoms with E-state index in [4.69, 9.17) is 4.55 Å². The molecule has 0 heterocycles. The topological polar surface area (TPSA) is 167 Å². The van der Waals surface area contributed by atoms with E-state index in [1.54, 1.807) is 0 Å². The van der Waals surface area contributed by atoms with E-state index < -0.39 is 52.5 Å². The zero-order valence-corrected chi connectivity index (χ0v) is 13.6. The summed E-state index contributed by atoms with van der Waals surface area (Å²) >= 11 is 0. The van der Waals surface area contributed by atoms with Gasteiger partial charge >= 0.3 is 20.5 Å².